The molecular formula is C14H23N3O. The molecule has 0 saturated heterocycles. The van der Waals surface area contributed by atoms with Crippen LogP contribution in [0.1, 0.15) is 33.4 Å². The van der Waals surface area contributed by atoms with E-state index in [0.717, 1.165) is 5.69 Å². The lowest BCUT2D eigenvalue weighted by Gasteiger charge is -2.25. The van der Waals surface area contributed by atoms with Crippen LogP contribution in [-0.2, 0) is 11.3 Å². The maximum Gasteiger partial charge on any atom is 0.236 e. The Morgan fingerprint density at radius 3 is 2.61 bits per heavy atom. The minimum Gasteiger partial charge on any atom is -0.336 e. The molecule has 0 saturated carbocycles. The average molecular weight is 249 g/mol. The number of nitrogens with zero attached hydrogens (tertiary/aromatic N) is 2. The van der Waals surface area contributed by atoms with Gasteiger partial charge in [0.25, 0.3) is 0 Å². The van der Waals surface area contributed by atoms with Crippen molar-refractivity contribution in [3.8, 4) is 0 Å². The Labute approximate surface area is 109 Å². The Kier molecular flexibility index (Phi) is 5.28. The zero-order valence-electron chi connectivity index (χ0n) is 11.7. The molecule has 0 atom stereocenters. The molecule has 4 nitrogen and oxygen atoms in total. The van der Waals surface area contributed by atoms with Gasteiger partial charge in [0.2, 0.25) is 5.91 Å². The lowest BCUT2D eigenvalue weighted by molar-refractivity contribution is -0.131. The van der Waals surface area contributed by atoms with E-state index in [0.29, 0.717) is 19.6 Å². The summed E-state index contributed by atoms with van der Waals surface area (Å²) in [7, 11) is 0. The lowest BCUT2D eigenvalue weighted by Crippen LogP contribution is -2.44. The van der Waals surface area contributed by atoms with Crippen LogP contribution in [0.3, 0.4) is 0 Å². The average Bonchev–Trinajstić information content (AvgIpc) is 2.33. The Hall–Kier alpha value is -1.42. The van der Waals surface area contributed by atoms with E-state index < -0.39 is 0 Å². The van der Waals surface area contributed by atoms with E-state index in [9.17, 15) is 4.79 Å². The summed E-state index contributed by atoms with van der Waals surface area (Å²) >= 11 is 0. The zero-order chi connectivity index (χ0) is 13.6. The van der Waals surface area contributed by atoms with Crippen LogP contribution < -0.4 is 5.32 Å². The molecule has 4 heteroatoms. The number of pyridine rings is 1. The zero-order valence-corrected chi connectivity index (χ0v) is 11.7. The molecule has 0 spiro atoms. The number of likely N-dealkylation sites (N-methyl/N-ethyl adjacent to an activating group) is 1. The summed E-state index contributed by atoms with van der Waals surface area (Å²) in [5.74, 6) is 0.109. The van der Waals surface area contributed by atoms with Crippen molar-refractivity contribution in [2.75, 3.05) is 13.1 Å². The van der Waals surface area contributed by atoms with Crippen LogP contribution in [0.4, 0.5) is 0 Å². The maximum atomic E-state index is 12.1. The Morgan fingerprint density at radius 1 is 1.39 bits per heavy atom. The number of aromatic nitrogens is 1. The van der Waals surface area contributed by atoms with Gasteiger partial charge in [0, 0.05) is 18.3 Å². The van der Waals surface area contributed by atoms with Gasteiger partial charge in [-0.3, -0.25) is 9.78 Å². The summed E-state index contributed by atoms with van der Waals surface area (Å²) < 4.78 is 0. The number of hydrogen-bond donors (Lipinski definition) is 1. The van der Waals surface area contributed by atoms with Crippen LogP contribution in [-0.4, -0.2) is 34.4 Å². The molecule has 1 N–H and O–H groups in total. The van der Waals surface area contributed by atoms with Crippen molar-refractivity contribution in [3.63, 3.8) is 0 Å². The molecule has 0 bridgehead atoms. The van der Waals surface area contributed by atoms with E-state index in [2.05, 4.69) is 31.1 Å². The van der Waals surface area contributed by atoms with Crippen LogP contribution in [0.25, 0.3) is 0 Å². The Balaban J connectivity index is 2.53. The van der Waals surface area contributed by atoms with Gasteiger partial charge in [-0.05, 0) is 39.8 Å². The van der Waals surface area contributed by atoms with Crippen LogP contribution in [0.5, 0.6) is 0 Å². The van der Waals surface area contributed by atoms with Crippen molar-refractivity contribution in [2.24, 2.45) is 0 Å². The minimum absolute atomic E-state index is 0.0416. The predicted octanol–water partition coefficient (Wildman–Crippen LogP) is 1.82. The van der Waals surface area contributed by atoms with Crippen molar-refractivity contribution >= 4 is 5.91 Å². The van der Waals surface area contributed by atoms with Gasteiger partial charge in [-0.2, -0.15) is 0 Å². The minimum atomic E-state index is -0.0416. The van der Waals surface area contributed by atoms with Gasteiger partial charge in [-0.15, -0.1) is 0 Å². The molecule has 0 fully saturated rings. The fourth-order valence-electron chi connectivity index (χ4n) is 1.52. The highest BCUT2D eigenvalue weighted by atomic mass is 16.2. The van der Waals surface area contributed by atoms with Crippen molar-refractivity contribution in [3.05, 3.63) is 30.1 Å². The number of rotatable bonds is 5. The first-order valence-corrected chi connectivity index (χ1v) is 6.35. The van der Waals surface area contributed by atoms with Crippen LogP contribution >= 0.6 is 0 Å². The monoisotopic (exact) mass is 249 g/mol. The van der Waals surface area contributed by atoms with Gasteiger partial charge in [0.1, 0.15) is 0 Å². The quantitative estimate of drug-likeness (QED) is 0.865. The van der Waals surface area contributed by atoms with Gasteiger partial charge in [-0.25, -0.2) is 0 Å². The van der Waals surface area contributed by atoms with Gasteiger partial charge >= 0.3 is 0 Å². The first-order valence-electron chi connectivity index (χ1n) is 6.35. The van der Waals surface area contributed by atoms with Crippen LogP contribution in [0.2, 0.25) is 0 Å². The first-order chi connectivity index (χ1) is 8.42. The lowest BCUT2D eigenvalue weighted by atomic mass is 10.1. The van der Waals surface area contributed by atoms with Gasteiger partial charge in [0.05, 0.1) is 18.8 Å². The van der Waals surface area contributed by atoms with E-state index in [4.69, 9.17) is 0 Å². The molecular weight excluding hydrogens is 226 g/mol. The molecule has 18 heavy (non-hydrogen) atoms. The summed E-state index contributed by atoms with van der Waals surface area (Å²) in [6.07, 6.45) is 1.75. The third kappa shape index (κ3) is 5.27. The number of hydrogen-bond acceptors (Lipinski definition) is 3. The second kappa shape index (κ2) is 6.50. The molecule has 1 heterocycles. The van der Waals surface area contributed by atoms with Crippen molar-refractivity contribution in [1.82, 2.24) is 15.2 Å². The maximum absolute atomic E-state index is 12.1. The summed E-state index contributed by atoms with van der Waals surface area (Å²) in [4.78, 5) is 18.1. The summed E-state index contributed by atoms with van der Waals surface area (Å²) in [5.41, 5.74) is 0.878. The second-order valence-electron chi connectivity index (χ2n) is 5.33. The van der Waals surface area contributed by atoms with Crippen molar-refractivity contribution in [2.45, 2.75) is 39.8 Å². The standard InChI is InChI=1S/C14H23N3O/c1-5-17(11-12-8-6-7-9-15-12)13(18)10-16-14(2,3)4/h6-9,16H,5,10-11H2,1-4H3. The molecule has 0 aliphatic rings. The summed E-state index contributed by atoms with van der Waals surface area (Å²) in [5, 5.41) is 3.21. The topological polar surface area (TPSA) is 45.2 Å². The fourth-order valence-corrected chi connectivity index (χ4v) is 1.52. The van der Waals surface area contributed by atoms with Crippen LogP contribution in [0.15, 0.2) is 24.4 Å². The summed E-state index contributed by atoms with van der Waals surface area (Å²) in [6, 6.07) is 5.75. The normalized spacial score (nSPS) is 11.3. The molecule has 1 amide bonds. The van der Waals surface area contributed by atoms with Crippen LogP contribution in [0, 0.1) is 0 Å². The molecule has 100 valence electrons. The second-order valence-corrected chi connectivity index (χ2v) is 5.33. The van der Waals surface area contributed by atoms with E-state index >= 15 is 0 Å². The third-order valence-corrected chi connectivity index (χ3v) is 2.58. The number of carbonyl (C=O) groups excluding carboxylic acids is 1. The molecule has 0 aliphatic carbocycles. The van der Waals surface area contributed by atoms with Gasteiger partial charge in [-0.1, -0.05) is 6.07 Å². The van der Waals surface area contributed by atoms with Gasteiger partial charge < -0.3 is 10.2 Å². The Bertz CT molecular complexity index is 370. The highest BCUT2D eigenvalue weighted by Crippen LogP contribution is 2.03. The molecule has 0 unspecified atom stereocenters. The van der Waals surface area contributed by atoms with E-state index in [1.165, 1.54) is 0 Å². The number of carbonyl (C=O) groups is 1. The number of amides is 1. The SMILES string of the molecule is CCN(Cc1ccccn1)C(=O)CNC(C)(C)C. The molecule has 1 aromatic rings. The van der Waals surface area contributed by atoms with Crippen molar-refractivity contribution < 1.29 is 4.79 Å². The molecule has 1 rings (SSSR count). The van der Waals surface area contributed by atoms with E-state index in [-0.39, 0.29) is 11.4 Å². The molecule has 0 aromatic carbocycles. The molecule has 0 aliphatic heterocycles. The highest BCUT2D eigenvalue weighted by molar-refractivity contribution is 5.78. The third-order valence-electron chi connectivity index (χ3n) is 2.58. The summed E-state index contributed by atoms with van der Waals surface area (Å²) in [6.45, 7) is 9.77. The number of nitrogens with one attached hydrogen (secondary N) is 1. The van der Waals surface area contributed by atoms with E-state index in [1.807, 2.05) is 25.1 Å². The van der Waals surface area contributed by atoms with E-state index in [1.54, 1.807) is 11.1 Å². The largest absolute Gasteiger partial charge is 0.336 e. The van der Waals surface area contributed by atoms with Gasteiger partial charge in [0.15, 0.2) is 0 Å². The smallest absolute Gasteiger partial charge is 0.236 e. The molecule has 1 aromatic heterocycles. The Morgan fingerprint density at radius 2 is 2.11 bits per heavy atom. The highest BCUT2D eigenvalue weighted by Gasteiger charge is 2.16. The first kappa shape index (κ1) is 14.6. The van der Waals surface area contributed by atoms with Crippen molar-refractivity contribution in [1.29, 1.82) is 0 Å². The fraction of sp³-hybridized carbons (Fsp3) is 0.571. The molecule has 0 radical (unpaired) electrons. The predicted molar refractivity (Wildman–Crippen MR) is 73.1 cm³/mol.